The molecule has 2 aromatic rings. The molecule has 0 spiro atoms. The van der Waals surface area contributed by atoms with Crippen LogP contribution in [0.3, 0.4) is 0 Å². The average molecular weight is 251 g/mol. The Balaban J connectivity index is 2.47. The predicted molar refractivity (Wildman–Crippen MR) is 65.3 cm³/mol. The lowest BCUT2D eigenvalue weighted by atomic mass is 9.96. The first-order valence-corrected chi connectivity index (χ1v) is 5.68. The molecule has 0 amide bonds. The van der Waals surface area contributed by atoms with Crippen LogP contribution in [0, 0.1) is 32.4 Å². The van der Waals surface area contributed by atoms with Gasteiger partial charge in [0, 0.05) is 5.56 Å². The first kappa shape index (κ1) is 12.8. The molecule has 0 aliphatic rings. The molecule has 1 atom stereocenters. The number of halogens is 2. The molecule has 0 saturated carbocycles. The third-order valence-corrected chi connectivity index (χ3v) is 3.23. The van der Waals surface area contributed by atoms with Gasteiger partial charge in [-0.2, -0.15) is 0 Å². The molecule has 0 fully saturated rings. The van der Waals surface area contributed by atoms with Crippen molar-refractivity contribution in [1.82, 2.24) is 0 Å². The fourth-order valence-corrected chi connectivity index (χ4v) is 2.14. The molecule has 0 bridgehead atoms. The molecule has 2 nitrogen and oxygen atoms in total. The molecule has 0 radical (unpaired) electrons. The van der Waals surface area contributed by atoms with Crippen LogP contribution in [0.2, 0.25) is 0 Å². The SMILES string of the molecule is Cc1oc(C)c(C(N)c2ccc(F)c(F)c2)c1C. The zero-order valence-electron chi connectivity index (χ0n) is 10.6. The van der Waals surface area contributed by atoms with Crippen LogP contribution >= 0.6 is 0 Å². The van der Waals surface area contributed by atoms with Gasteiger partial charge in [-0.05, 0) is 44.0 Å². The summed E-state index contributed by atoms with van der Waals surface area (Å²) in [5.74, 6) is -0.260. The molecule has 18 heavy (non-hydrogen) atoms. The highest BCUT2D eigenvalue weighted by atomic mass is 19.2. The summed E-state index contributed by atoms with van der Waals surface area (Å²) in [7, 11) is 0. The summed E-state index contributed by atoms with van der Waals surface area (Å²) < 4.78 is 31.6. The van der Waals surface area contributed by atoms with Gasteiger partial charge in [0.15, 0.2) is 11.6 Å². The normalized spacial score (nSPS) is 12.8. The number of hydrogen-bond acceptors (Lipinski definition) is 2. The Kier molecular flexibility index (Phi) is 3.22. The fourth-order valence-electron chi connectivity index (χ4n) is 2.14. The van der Waals surface area contributed by atoms with Gasteiger partial charge >= 0.3 is 0 Å². The topological polar surface area (TPSA) is 39.2 Å². The molecule has 0 saturated heterocycles. The summed E-state index contributed by atoms with van der Waals surface area (Å²) in [5, 5.41) is 0. The minimum Gasteiger partial charge on any atom is -0.466 e. The second-order valence-electron chi connectivity index (χ2n) is 4.40. The standard InChI is InChI=1S/C14H15F2NO/c1-7-8(2)18-9(3)13(7)14(17)10-4-5-11(15)12(16)6-10/h4-6,14H,17H2,1-3H3. The van der Waals surface area contributed by atoms with E-state index in [1.165, 1.54) is 6.07 Å². The Hall–Kier alpha value is -1.68. The smallest absolute Gasteiger partial charge is 0.159 e. The Morgan fingerprint density at radius 3 is 2.22 bits per heavy atom. The maximum atomic E-state index is 13.2. The van der Waals surface area contributed by atoms with Gasteiger partial charge in [-0.1, -0.05) is 6.07 Å². The van der Waals surface area contributed by atoms with Crippen LogP contribution in [-0.4, -0.2) is 0 Å². The van der Waals surface area contributed by atoms with E-state index in [0.29, 0.717) is 11.3 Å². The molecule has 4 heteroatoms. The van der Waals surface area contributed by atoms with Gasteiger partial charge in [-0.3, -0.25) is 0 Å². The Labute approximate surface area is 104 Å². The minimum atomic E-state index is -0.890. The lowest BCUT2D eigenvalue weighted by molar-refractivity contribution is 0.497. The van der Waals surface area contributed by atoms with Gasteiger partial charge < -0.3 is 10.2 Å². The van der Waals surface area contributed by atoms with Crippen molar-refractivity contribution in [2.45, 2.75) is 26.8 Å². The molecule has 1 heterocycles. The van der Waals surface area contributed by atoms with Crippen molar-refractivity contribution in [3.63, 3.8) is 0 Å². The van der Waals surface area contributed by atoms with Crippen molar-refractivity contribution in [3.05, 3.63) is 58.0 Å². The molecule has 96 valence electrons. The number of rotatable bonds is 2. The first-order chi connectivity index (χ1) is 8.41. The van der Waals surface area contributed by atoms with Crippen molar-refractivity contribution < 1.29 is 13.2 Å². The first-order valence-electron chi connectivity index (χ1n) is 5.68. The van der Waals surface area contributed by atoms with Crippen LogP contribution in [0.25, 0.3) is 0 Å². The highest BCUT2D eigenvalue weighted by Crippen LogP contribution is 2.30. The van der Waals surface area contributed by atoms with Crippen LogP contribution in [0.4, 0.5) is 8.78 Å². The van der Waals surface area contributed by atoms with Crippen LogP contribution in [-0.2, 0) is 0 Å². The molecule has 1 aromatic carbocycles. The zero-order valence-corrected chi connectivity index (χ0v) is 10.6. The van der Waals surface area contributed by atoms with E-state index in [1.807, 2.05) is 20.8 Å². The number of hydrogen-bond donors (Lipinski definition) is 1. The molecular formula is C14H15F2NO. The second kappa shape index (κ2) is 4.53. The number of furan rings is 1. The lowest BCUT2D eigenvalue weighted by Gasteiger charge is -2.13. The van der Waals surface area contributed by atoms with Gasteiger partial charge in [0.1, 0.15) is 11.5 Å². The van der Waals surface area contributed by atoms with Crippen LogP contribution in [0.15, 0.2) is 22.6 Å². The number of aryl methyl sites for hydroxylation is 2. The van der Waals surface area contributed by atoms with E-state index in [0.717, 1.165) is 29.0 Å². The van der Waals surface area contributed by atoms with E-state index in [9.17, 15) is 8.78 Å². The molecule has 0 aliphatic carbocycles. The largest absolute Gasteiger partial charge is 0.466 e. The fraction of sp³-hybridized carbons (Fsp3) is 0.286. The van der Waals surface area contributed by atoms with E-state index in [-0.39, 0.29) is 0 Å². The van der Waals surface area contributed by atoms with Crippen molar-refractivity contribution in [1.29, 1.82) is 0 Å². The van der Waals surface area contributed by atoms with Gasteiger partial charge in [-0.25, -0.2) is 8.78 Å². The third-order valence-electron chi connectivity index (χ3n) is 3.23. The van der Waals surface area contributed by atoms with E-state index >= 15 is 0 Å². The van der Waals surface area contributed by atoms with Gasteiger partial charge in [0.25, 0.3) is 0 Å². The molecule has 1 unspecified atom stereocenters. The second-order valence-corrected chi connectivity index (χ2v) is 4.40. The van der Waals surface area contributed by atoms with Crippen LogP contribution in [0.1, 0.15) is 34.3 Å². The maximum absolute atomic E-state index is 13.2. The summed E-state index contributed by atoms with van der Waals surface area (Å²) in [4.78, 5) is 0. The van der Waals surface area contributed by atoms with Gasteiger partial charge in [0.2, 0.25) is 0 Å². The molecule has 2 N–H and O–H groups in total. The van der Waals surface area contributed by atoms with E-state index in [1.54, 1.807) is 0 Å². The molecule has 2 rings (SSSR count). The quantitative estimate of drug-likeness (QED) is 0.886. The third kappa shape index (κ3) is 2.04. The maximum Gasteiger partial charge on any atom is 0.159 e. The van der Waals surface area contributed by atoms with Gasteiger partial charge in [0.05, 0.1) is 6.04 Å². The minimum absolute atomic E-state index is 0.516. The summed E-state index contributed by atoms with van der Waals surface area (Å²) in [6.07, 6.45) is 0. The van der Waals surface area contributed by atoms with Crippen molar-refractivity contribution in [3.8, 4) is 0 Å². The average Bonchev–Trinajstić information content (AvgIpc) is 2.56. The summed E-state index contributed by atoms with van der Waals surface area (Å²) in [5.41, 5.74) is 8.41. The Morgan fingerprint density at radius 1 is 1.06 bits per heavy atom. The zero-order chi connectivity index (χ0) is 13.4. The Bertz CT molecular complexity index is 590. The summed E-state index contributed by atoms with van der Waals surface area (Å²) in [6.45, 7) is 5.57. The van der Waals surface area contributed by atoms with E-state index < -0.39 is 17.7 Å². The molecular weight excluding hydrogens is 236 g/mol. The number of benzene rings is 1. The van der Waals surface area contributed by atoms with E-state index in [2.05, 4.69) is 0 Å². The molecule has 1 aromatic heterocycles. The van der Waals surface area contributed by atoms with Crippen molar-refractivity contribution in [2.24, 2.45) is 5.73 Å². The van der Waals surface area contributed by atoms with Crippen LogP contribution < -0.4 is 5.73 Å². The van der Waals surface area contributed by atoms with Crippen molar-refractivity contribution >= 4 is 0 Å². The van der Waals surface area contributed by atoms with Crippen molar-refractivity contribution in [2.75, 3.05) is 0 Å². The highest BCUT2D eigenvalue weighted by molar-refractivity contribution is 5.40. The highest BCUT2D eigenvalue weighted by Gasteiger charge is 2.20. The summed E-state index contributed by atoms with van der Waals surface area (Å²) in [6, 6.07) is 3.19. The summed E-state index contributed by atoms with van der Waals surface area (Å²) >= 11 is 0. The lowest BCUT2D eigenvalue weighted by Crippen LogP contribution is -2.14. The monoisotopic (exact) mass is 251 g/mol. The van der Waals surface area contributed by atoms with Gasteiger partial charge in [-0.15, -0.1) is 0 Å². The predicted octanol–water partition coefficient (Wildman–Crippen LogP) is 3.53. The molecule has 0 aliphatic heterocycles. The van der Waals surface area contributed by atoms with Crippen LogP contribution in [0.5, 0.6) is 0 Å². The number of nitrogens with two attached hydrogens (primary N) is 1. The van der Waals surface area contributed by atoms with E-state index in [4.69, 9.17) is 10.2 Å². The Morgan fingerprint density at radius 2 is 1.72 bits per heavy atom.